The molecule has 0 unspecified atom stereocenters. The molecule has 3 aromatic rings. The summed E-state index contributed by atoms with van der Waals surface area (Å²) in [7, 11) is -3.53. The first-order valence-corrected chi connectivity index (χ1v) is 11.2. The Hall–Kier alpha value is -2.80. The summed E-state index contributed by atoms with van der Waals surface area (Å²) < 4.78 is 77.1. The van der Waals surface area contributed by atoms with Crippen LogP contribution in [0.25, 0.3) is 5.65 Å². The number of rotatable bonds is 4. The number of piperazine rings is 1. The van der Waals surface area contributed by atoms with Crippen LogP contribution in [-0.2, 0) is 22.6 Å². The van der Waals surface area contributed by atoms with Gasteiger partial charge in [-0.2, -0.15) is 17.7 Å². The lowest BCUT2D eigenvalue weighted by atomic mass is 10.2. The SMILES string of the molecule is CS(=O)(=O)c1cc(F)cc(CN2CCN(c3ccc4nnc(C(F)(F)F)n4n3)CC2)c1. The van der Waals surface area contributed by atoms with Crippen molar-refractivity contribution in [1.82, 2.24) is 24.7 Å². The molecule has 0 atom stereocenters. The predicted molar refractivity (Wildman–Crippen MR) is 103 cm³/mol. The fourth-order valence-electron chi connectivity index (χ4n) is 3.44. The van der Waals surface area contributed by atoms with Crippen molar-refractivity contribution in [3.8, 4) is 0 Å². The van der Waals surface area contributed by atoms with Crippen molar-refractivity contribution in [1.29, 1.82) is 0 Å². The highest BCUT2D eigenvalue weighted by Gasteiger charge is 2.37. The van der Waals surface area contributed by atoms with Crippen LogP contribution in [0.2, 0.25) is 0 Å². The summed E-state index contributed by atoms with van der Waals surface area (Å²) in [5, 5.41) is 10.7. The zero-order valence-electron chi connectivity index (χ0n) is 16.3. The molecule has 13 heteroatoms. The Bertz CT molecular complexity index is 1220. The van der Waals surface area contributed by atoms with E-state index in [2.05, 4.69) is 15.3 Å². The summed E-state index contributed by atoms with van der Waals surface area (Å²) in [6.07, 6.45) is -3.65. The van der Waals surface area contributed by atoms with Crippen molar-refractivity contribution in [2.75, 3.05) is 37.3 Å². The van der Waals surface area contributed by atoms with Gasteiger partial charge in [0.1, 0.15) is 11.6 Å². The van der Waals surface area contributed by atoms with Crippen LogP contribution in [0, 0.1) is 5.82 Å². The summed E-state index contributed by atoms with van der Waals surface area (Å²) in [6.45, 7) is 2.40. The maximum Gasteiger partial charge on any atom is 0.453 e. The largest absolute Gasteiger partial charge is 0.453 e. The number of anilines is 1. The van der Waals surface area contributed by atoms with Gasteiger partial charge in [0.15, 0.2) is 15.5 Å². The third-order valence-corrected chi connectivity index (χ3v) is 6.06. The zero-order valence-corrected chi connectivity index (χ0v) is 17.2. The molecule has 0 radical (unpaired) electrons. The van der Waals surface area contributed by atoms with E-state index < -0.39 is 27.7 Å². The van der Waals surface area contributed by atoms with Crippen LogP contribution in [0.5, 0.6) is 0 Å². The Morgan fingerprint density at radius 1 is 1.03 bits per heavy atom. The summed E-state index contributed by atoms with van der Waals surface area (Å²) in [5.41, 5.74) is 0.537. The van der Waals surface area contributed by atoms with Crippen molar-refractivity contribution in [2.45, 2.75) is 17.6 Å². The van der Waals surface area contributed by atoms with Crippen molar-refractivity contribution < 1.29 is 26.0 Å². The van der Waals surface area contributed by atoms with E-state index in [1.54, 1.807) is 6.07 Å². The van der Waals surface area contributed by atoms with Gasteiger partial charge in [-0.15, -0.1) is 15.3 Å². The molecule has 0 aliphatic carbocycles. The van der Waals surface area contributed by atoms with E-state index in [0.29, 0.717) is 48.6 Å². The average molecular weight is 458 g/mol. The average Bonchev–Trinajstić information content (AvgIpc) is 3.11. The second-order valence-electron chi connectivity index (χ2n) is 7.31. The molecule has 1 aromatic carbocycles. The fourth-order valence-corrected chi connectivity index (χ4v) is 4.14. The van der Waals surface area contributed by atoms with Gasteiger partial charge in [0.25, 0.3) is 5.82 Å². The highest BCUT2D eigenvalue weighted by atomic mass is 32.2. The van der Waals surface area contributed by atoms with E-state index in [1.165, 1.54) is 18.2 Å². The first-order valence-electron chi connectivity index (χ1n) is 9.27. The van der Waals surface area contributed by atoms with Crippen LogP contribution in [0.3, 0.4) is 0 Å². The van der Waals surface area contributed by atoms with Crippen LogP contribution in [0.1, 0.15) is 11.4 Å². The number of hydrogen-bond acceptors (Lipinski definition) is 7. The van der Waals surface area contributed by atoms with Crippen LogP contribution in [-0.4, -0.2) is 65.6 Å². The first-order chi connectivity index (χ1) is 14.5. The number of nitrogens with zero attached hydrogens (tertiary/aromatic N) is 6. The Labute approximate surface area is 175 Å². The maximum absolute atomic E-state index is 13.8. The molecule has 1 aliphatic rings. The third-order valence-electron chi connectivity index (χ3n) is 4.96. The normalized spacial score (nSPS) is 16.2. The number of fused-ring (bicyclic) bond motifs is 1. The summed E-state index contributed by atoms with van der Waals surface area (Å²) in [5.74, 6) is -1.44. The molecule has 31 heavy (non-hydrogen) atoms. The second-order valence-corrected chi connectivity index (χ2v) is 9.33. The zero-order chi connectivity index (χ0) is 22.4. The quantitative estimate of drug-likeness (QED) is 0.553. The van der Waals surface area contributed by atoms with Gasteiger partial charge < -0.3 is 4.90 Å². The van der Waals surface area contributed by atoms with Crippen LogP contribution < -0.4 is 4.90 Å². The highest BCUT2D eigenvalue weighted by molar-refractivity contribution is 7.90. The molecule has 4 rings (SSSR count). The molecule has 0 N–H and O–H groups in total. The van der Waals surface area contributed by atoms with Crippen molar-refractivity contribution in [3.63, 3.8) is 0 Å². The van der Waals surface area contributed by atoms with Gasteiger partial charge >= 0.3 is 6.18 Å². The van der Waals surface area contributed by atoms with Crippen LogP contribution in [0.15, 0.2) is 35.2 Å². The van der Waals surface area contributed by atoms with Crippen molar-refractivity contribution in [3.05, 3.63) is 47.5 Å². The molecular formula is C18H18F4N6O2S. The number of sulfone groups is 1. The summed E-state index contributed by atoms with van der Waals surface area (Å²) in [4.78, 5) is 3.77. The molecule has 1 aliphatic heterocycles. The Morgan fingerprint density at radius 2 is 1.74 bits per heavy atom. The minimum Gasteiger partial charge on any atom is -0.353 e. The molecular weight excluding hydrogens is 440 g/mol. The van der Waals surface area contributed by atoms with Gasteiger partial charge in [0, 0.05) is 39.0 Å². The first kappa shape index (κ1) is 21.4. The predicted octanol–water partition coefficient (Wildman–Crippen LogP) is 2.01. The molecule has 1 fully saturated rings. The molecule has 3 heterocycles. The molecule has 1 saturated heterocycles. The Kier molecular flexibility index (Phi) is 5.33. The van der Waals surface area contributed by atoms with E-state index in [9.17, 15) is 26.0 Å². The van der Waals surface area contributed by atoms with E-state index in [0.717, 1.165) is 12.3 Å². The van der Waals surface area contributed by atoms with Crippen molar-refractivity contribution >= 4 is 21.3 Å². The monoisotopic (exact) mass is 458 g/mol. The van der Waals surface area contributed by atoms with Gasteiger partial charge in [-0.1, -0.05) is 0 Å². The molecule has 2 aromatic heterocycles. The second kappa shape index (κ2) is 7.71. The lowest BCUT2D eigenvalue weighted by Crippen LogP contribution is -2.46. The Balaban J connectivity index is 1.46. The lowest BCUT2D eigenvalue weighted by Gasteiger charge is -2.35. The van der Waals surface area contributed by atoms with E-state index in [-0.39, 0.29) is 10.5 Å². The minimum absolute atomic E-state index is 0.00231. The standard InChI is InChI=1S/C18H18F4N6O2S/c1-31(29,30)14-9-12(8-13(19)10-14)11-26-4-6-27(7-5-26)16-3-2-15-23-24-17(18(20,21)22)28(15)25-16/h2-3,8-10H,4-7,11H2,1H3. The van der Waals surface area contributed by atoms with Gasteiger partial charge in [-0.3, -0.25) is 4.90 Å². The van der Waals surface area contributed by atoms with Gasteiger partial charge in [-0.25, -0.2) is 12.8 Å². The van der Waals surface area contributed by atoms with E-state index >= 15 is 0 Å². The number of halogens is 4. The number of benzene rings is 1. The summed E-state index contributed by atoms with van der Waals surface area (Å²) >= 11 is 0. The van der Waals surface area contributed by atoms with Gasteiger partial charge in [-0.05, 0) is 35.9 Å². The smallest absolute Gasteiger partial charge is 0.353 e. The fraction of sp³-hybridized carbons (Fsp3) is 0.389. The molecule has 0 spiro atoms. The van der Waals surface area contributed by atoms with Crippen molar-refractivity contribution in [2.24, 2.45) is 0 Å². The van der Waals surface area contributed by atoms with Gasteiger partial charge in [0.2, 0.25) is 0 Å². The van der Waals surface area contributed by atoms with Crippen LogP contribution in [0.4, 0.5) is 23.4 Å². The Morgan fingerprint density at radius 3 is 2.39 bits per heavy atom. The molecule has 8 nitrogen and oxygen atoms in total. The molecule has 166 valence electrons. The van der Waals surface area contributed by atoms with Crippen LogP contribution >= 0.6 is 0 Å². The molecule has 0 amide bonds. The van der Waals surface area contributed by atoms with E-state index in [1.807, 2.05) is 9.80 Å². The number of alkyl halides is 3. The molecule has 0 saturated carbocycles. The highest BCUT2D eigenvalue weighted by Crippen LogP contribution is 2.28. The number of aromatic nitrogens is 4. The third kappa shape index (κ3) is 4.61. The summed E-state index contributed by atoms with van der Waals surface area (Å²) in [6, 6.07) is 6.74. The maximum atomic E-state index is 13.8. The lowest BCUT2D eigenvalue weighted by molar-refractivity contribution is -0.146. The van der Waals surface area contributed by atoms with E-state index in [4.69, 9.17) is 0 Å². The minimum atomic E-state index is -4.67. The molecule has 0 bridgehead atoms. The van der Waals surface area contributed by atoms with Gasteiger partial charge in [0.05, 0.1) is 4.90 Å². The number of hydrogen-bond donors (Lipinski definition) is 0. The topological polar surface area (TPSA) is 83.7 Å².